The van der Waals surface area contributed by atoms with E-state index in [9.17, 15) is 14.7 Å². The second-order valence-corrected chi connectivity index (χ2v) is 7.19. The van der Waals surface area contributed by atoms with Crippen LogP contribution in [0.5, 0.6) is 11.5 Å². The predicted octanol–water partition coefficient (Wildman–Crippen LogP) is 3.59. The van der Waals surface area contributed by atoms with Crippen LogP contribution in [-0.4, -0.2) is 33.6 Å². The molecular formula is C19H14ClIN2O5. The van der Waals surface area contributed by atoms with E-state index < -0.39 is 24.2 Å². The zero-order valence-corrected chi connectivity index (χ0v) is 17.2. The summed E-state index contributed by atoms with van der Waals surface area (Å²) in [6.45, 7) is -0.277. The van der Waals surface area contributed by atoms with Crippen molar-refractivity contribution in [2.24, 2.45) is 0 Å². The first-order chi connectivity index (χ1) is 13.4. The van der Waals surface area contributed by atoms with Crippen LogP contribution in [0.15, 0.2) is 42.5 Å². The van der Waals surface area contributed by atoms with E-state index in [1.165, 1.54) is 0 Å². The fraction of sp³-hybridized carbons (Fsp3) is 0.105. The number of nitrogens with one attached hydrogen (secondary N) is 1. The quantitative estimate of drug-likeness (QED) is 0.344. The summed E-state index contributed by atoms with van der Waals surface area (Å²) in [6, 6.07) is 12.9. The van der Waals surface area contributed by atoms with Crippen LogP contribution >= 0.6 is 34.2 Å². The van der Waals surface area contributed by atoms with Crippen molar-refractivity contribution in [2.45, 2.75) is 6.61 Å². The van der Waals surface area contributed by atoms with Crippen LogP contribution in [0.1, 0.15) is 16.1 Å². The first kappa shape index (κ1) is 20.2. The minimum Gasteiger partial charge on any atom is -0.505 e. The Kier molecular flexibility index (Phi) is 6.20. The van der Waals surface area contributed by atoms with Gasteiger partial charge in [0, 0.05) is 10.8 Å². The summed E-state index contributed by atoms with van der Waals surface area (Å²) < 4.78 is 6.40. The van der Waals surface area contributed by atoms with Crippen LogP contribution in [0.3, 0.4) is 0 Å². The van der Waals surface area contributed by atoms with Gasteiger partial charge >= 0.3 is 5.97 Å². The number of amides is 1. The summed E-state index contributed by atoms with van der Waals surface area (Å²) in [5.41, 5.74) is 0.626. The highest BCUT2D eigenvalue weighted by Crippen LogP contribution is 2.39. The van der Waals surface area contributed by atoms with E-state index in [0.29, 0.717) is 26.7 Å². The van der Waals surface area contributed by atoms with Crippen molar-refractivity contribution < 1.29 is 24.5 Å². The molecule has 2 aromatic carbocycles. The van der Waals surface area contributed by atoms with Gasteiger partial charge in [-0.2, -0.15) is 0 Å². The number of carbonyl (C=O) groups is 2. The summed E-state index contributed by atoms with van der Waals surface area (Å²) in [5.74, 6) is -1.94. The van der Waals surface area contributed by atoms with E-state index in [0.717, 1.165) is 5.56 Å². The number of pyridine rings is 1. The molecule has 0 atom stereocenters. The molecule has 0 aliphatic carbocycles. The van der Waals surface area contributed by atoms with Crippen LogP contribution in [0.4, 0.5) is 0 Å². The molecule has 3 rings (SSSR count). The number of halogens is 2. The fourth-order valence-corrected chi connectivity index (χ4v) is 3.66. The minimum absolute atomic E-state index is 0.0146. The van der Waals surface area contributed by atoms with Crippen molar-refractivity contribution in [2.75, 3.05) is 6.54 Å². The Morgan fingerprint density at radius 2 is 1.89 bits per heavy atom. The average Bonchev–Trinajstić information content (AvgIpc) is 2.68. The fourth-order valence-electron chi connectivity index (χ4n) is 2.53. The topological polar surface area (TPSA) is 109 Å². The first-order valence-corrected chi connectivity index (χ1v) is 9.51. The maximum absolute atomic E-state index is 12.2. The molecule has 0 aliphatic rings. The van der Waals surface area contributed by atoms with Crippen molar-refractivity contribution in [3.63, 3.8) is 0 Å². The SMILES string of the molecule is O=C(O)CNC(=O)c1nc(Cl)c2ccc(OCc3ccccc3)c(I)c2c1O. The third-order valence-corrected chi connectivity index (χ3v) is 5.21. The Bertz CT molecular complexity index is 1060. The number of benzene rings is 2. The molecule has 3 N–H and O–H groups in total. The second-order valence-electron chi connectivity index (χ2n) is 5.75. The van der Waals surface area contributed by atoms with E-state index >= 15 is 0 Å². The molecule has 28 heavy (non-hydrogen) atoms. The van der Waals surface area contributed by atoms with Crippen molar-refractivity contribution in [1.82, 2.24) is 10.3 Å². The maximum atomic E-state index is 12.2. The Morgan fingerprint density at radius 1 is 1.18 bits per heavy atom. The van der Waals surface area contributed by atoms with Crippen molar-refractivity contribution in [3.8, 4) is 11.5 Å². The van der Waals surface area contributed by atoms with Crippen LogP contribution in [0.25, 0.3) is 10.8 Å². The van der Waals surface area contributed by atoms with Crippen LogP contribution in [-0.2, 0) is 11.4 Å². The number of ether oxygens (including phenoxy) is 1. The Morgan fingerprint density at radius 3 is 2.57 bits per heavy atom. The molecule has 7 nitrogen and oxygen atoms in total. The van der Waals surface area contributed by atoms with E-state index in [2.05, 4.69) is 10.3 Å². The molecule has 0 unspecified atom stereocenters. The van der Waals surface area contributed by atoms with Gasteiger partial charge in [0.1, 0.15) is 24.1 Å². The third-order valence-electron chi connectivity index (χ3n) is 3.85. The number of fused-ring (bicyclic) bond motifs is 1. The monoisotopic (exact) mass is 512 g/mol. The number of carboxylic acid groups (broad SMARTS) is 1. The molecule has 0 bridgehead atoms. The Hall–Kier alpha value is -2.59. The number of hydrogen-bond acceptors (Lipinski definition) is 5. The van der Waals surface area contributed by atoms with E-state index in [1.807, 2.05) is 52.9 Å². The van der Waals surface area contributed by atoms with Gasteiger partial charge in [0.05, 0.1) is 3.57 Å². The highest BCUT2D eigenvalue weighted by atomic mass is 127. The molecule has 0 saturated carbocycles. The normalized spacial score (nSPS) is 10.6. The third kappa shape index (κ3) is 4.28. The highest BCUT2D eigenvalue weighted by Gasteiger charge is 2.22. The number of aliphatic carboxylic acids is 1. The smallest absolute Gasteiger partial charge is 0.322 e. The molecule has 1 heterocycles. The molecule has 0 spiro atoms. The molecule has 0 fully saturated rings. The molecule has 9 heteroatoms. The van der Waals surface area contributed by atoms with Crippen molar-refractivity contribution in [1.29, 1.82) is 0 Å². The lowest BCUT2D eigenvalue weighted by Crippen LogP contribution is -2.30. The van der Waals surface area contributed by atoms with E-state index in [1.54, 1.807) is 12.1 Å². The van der Waals surface area contributed by atoms with Gasteiger partial charge in [-0.15, -0.1) is 0 Å². The zero-order chi connectivity index (χ0) is 20.3. The lowest BCUT2D eigenvalue weighted by Gasteiger charge is -2.14. The average molecular weight is 513 g/mol. The van der Waals surface area contributed by atoms with Crippen LogP contribution in [0.2, 0.25) is 5.15 Å². The highest BCUT2D eigenvalue weighted by molar-refractivity contribution is 14.1. The van der Waals surface area contributed by atoms with Gasteiger partial charge in [0.2, 0.25) is 0 Å². The maximum Gasteiger partial charge on any atom is 0.322 e. The lowest BCUT2D eigenvalue weighted by molar-refractivity contribution is -0.135. The number of carboxylic acids is 1. The molecule has 144 valence electrons. The summed E-state index contributed by atoms with van der Waals surface area (Å²) in [5, 5.41) is 22.2. The van der Waals surface area contributed by atoms with Crippen molar-refractivity contribution in [3.05, 3.63) is 62.4 Å². The molecule has 0 radical (unpaired) electrons. The summed E-state index contributed by atoms with van der Waals surface area (Å²) in [6.07, 6.45) is 0. The van der Waals surface area contributed by atoms with E-state index in [-0.39, 0.29) is 10.8 Å². The number of rotatable bonds is 6. The van der Waals surface area contributed by atoms with Gasteiger partial charge < -0.3 is 20.3 Å². The molecule has 0 aliphatic heterocycles. The molecule has 1 amide bonds. The Labute approximate surface area is 178 Å². The number of carbonyl (C=O) groups excluding carboxylic acids is 1. The van der Waals surface area contributed by atoms with Gasteiger partial charge in [-0.05, 0) is 40.3 Å². The molecular weight excluding hydrogens is 499 g/mol. The summed E-state index contributed by atoms with van der Waals surface area (Å²) in [7, 11) is 0. The van der Waals surface area contributed by atoms with Gasteiger partial charge in [-0.3, -0.25) is 9.59 Å². The minimum atomic E-state index is -1.22. The molecule has 3 aromatic rings. The second kappa shape index (κ2) is 8.61. The van der Waals surface area contributed by atoms with Crippen LogP contribution in [0, 0.1) is 3.57 Å². The summed E-state index contributed by atoms with van der Waals surface area (Å²) >= 11 is 8.17. The van der Waals surface area contributed by atoms with E-state index in [4.69, 9.17) is 21.4 Å². The zero-order valence-electron chi connectivity index (χ0n) is 14.3. The molecule has 0 saturated heterocycles. The van der Waals surface area contributed by atoms with Crippen LogP contribution < -0.4 is 10.1 Å². The van der Waals surface area contributed by atoms with Gasteiger partial charge in [-0.1, -0.05) is 41.9 Å². The first-order valence-electron chi connectivity index (χ1n) is 8.06. The standard InChI is InChI=1S/C19H14ClIN2O5/c20-18-11-6-7-12(28-9-10-4-2-1-3-5-10)15(21)14(11)17(26)16(23-18)19(27)22-8-13(24)25/h1-7,26H,8-9H2,(H,22,27)(H,24,25). The Balaban J connectivity index is 1.99. The van der Waals surface area contributed by atoms with Crippen molar-refractivity contribution >= 4 is 56.8 Å². The summed E-state index contributed by atoms with van der Waals surface area (Å²) in [4.78, 5) is 26.7. The largest absolute Gasteiger partial charge is 0.505 e. The lowest BCUT2D eigenvalue weighted by atomic mass is 10.1. The van der Waals surface area contributed by atoms with Gasteiger partial charge in [0.25, 0.3) is 5.91 Å². The number of nitrogens with zero attached hydrogens (tertiary/aromatic N) is 1. The van der Waals surface area contributed by atoms with Gasteiger partial charge in [-0.25, -0.2) is 4.98 Å². The number of hydrogen-bond donors (Lipinski definition) is 3. The van der Waals surface area contributed by atoms with Gasteiger partial charge in [0.15, 0.2) is 11.4 Å². The predicted molar refractivity (Wildman–Crippen MR) is 112 cm³/mol. The number of aromatic nitrogens is 1. The number of aromatic hydroxyl groups is 1. The molecule has 1 aromatic heterocycles.